The molecule has 0 bridgehead atoms. The zero-order valence-electron chi connectivity index (χ0n) is 9.23. The molecule has 0 amide bonds. The largest absolute Gasteiger partial charge is 0.376 e. The molecular weight excluding hydrogens is 192 g/mol. The average molecular weight is 210 g/mol. The number of aromatic nitrogens is 2. The highest BCUT2D eigenvalue weighted by Crippen LogP contribution is 2.44. The van der Waals surface area contributed by atoms with Gasteiger partial charge in [-0.3, -0.25) is 10.5 Å². The number of nitrogens with zero attached hydrogens (tertiary/aromatic N) is 2. The maximum absolute atomic E-state index is 5.62. The molecule has 1 heterocycles. The first-order valence-electron chi connectivity index (χ1n) is 5.22. The zero-order valence-corrected chi connectivity index (χ0v) is 9.23. The molecule has 5 nitrogen and oxygen atoms in total. The third-order valence-electron chi connectivity index (χ3n) is 3.36. The summed E-state index contributed by atoms with van der Waals surface area (Å²) in [5, 5.41) is 4.16. The Morgan fingerprint density at radius 2 is 2.40 bits per heavy atom. The van der Waals surface area contributed by atoms with Crippen LogP contribution in [-0.2, 0) is 11.8 Å². The van der Waals surface area contributed by atoms with E-state index in [-0.39, 0.29) is 11.6 Å². The van der Waals surface area contributed by atoms with E-state index in [4.69, 9.17) is 10.6 Å². The van der Waals surface area contributed by atoms with Crippen LogP contribution in [0.5, 0.6) is 0 Å². The van der Waals surface area contributed by atoms with Crippen molar-refractivity contribution in [3.05, 3.63) is 18.0 Å². The molecule has 0 radical (unpaired) electrons. The molecule has 2 rings (SSSR count). The second-order valence-electron chi connectivity index (χ2n) is 4.17. The molecule has 15 heavy (non-hydrogen) atoms. The van der Waals surface area contributed by atoms with Crippen LogP contribution in [0.2, 0.25) is 0 Å². The Balaban J connectivity index is 2.23. The molecular formula is C10H18N4O. The van der Waals surface area contributed by atoms with Crippen molar-refractivity contribution in [2.75, 3.05) is 7.11 Å². The topological polar surface area (TPSA) is 65.1 Å². The summed E-state index contributed by atoms with van der Waals surface area (Å²) in [6.45, 7) is 0. The number of hydrazine groups is 1. The van der Waals surface area contributed by atoms with Gasteiger partial charge in [0, 0.05) is 25.9 Å². The van der Waals surface area contributed by atoms with Crippen molar-refractivity contribution in [3.8, 4) is 0 Å². The summed E-state index contributed by atoms with van der Waals surface area (Å²) in [6, 6.07) is 0.0324. The van der Waals surface area contributed by atoms with Gasteiger partial charge in [-0.1, -0.05) is 0 Å². The molecule has 1 aromatic heterocycles. The Morgan fingerprint density at radius 3 is 2.73 bits per heavy atom. The fourth-order valence-corrected chi connectivity index (χ4v) is 2.28. The van der Waals surface area contributed by atoms with Gasteiger partial charge in [0.15, 0.2) is 0 Å². The number of nitrogens with one attached hydrogen (secondary N) is 1. The van der Waals surface area contributed by atoms with Gasteiger partial charge < -0.3 is 4.74 Å². The Labute approximate surface area is 89.6 Å². The predicted octanol–water partition coefficient (Wildman–Crippen LogP) is 0.494. The third-order valence-corrected chi connectivity index (χ3v) is 3.36. The van der Waals surface area contributed by atoms with E-state index in [1.807, 2.05) is 19.4 Å². The minimum absolute atomic E-state index is 0.0324. The quantitative estimate of drug-likeness (QED) is 0.561. The molecule has 3 N–H and O–H groups in total. The maximum atomic E-state index is 5.62. The Kier molecular flexibility index (Phi) is 2.77. The summed E-state index contributed by atoms with van der Waals surface area (Å²) in [6.07, 6.45) is 7.11. The summed E-state index contributed by atoms with van der Waals surface area (Å²) < 4.78 is 7.39. The Hall–Kier alpha value is -0.910. The van der Waals surface area contributed by atoms with Crippen LogP contribution in [-0.4, -0.2) is 22.5 Å². The van der Waals surface area contributed by atoms with Gasteiger partial charge in [0.05, 0.1) is 17.8 Å². The summed E-state index contributed by atoms with van der Waals surface area (Å²) in [5.41, 5.74) is 3.79. The lowest BCUT2D eigenvalue weighted by molar-refractivity contribution is -0.0999. The van der Waals surface area contributed by atoms with Gasteiger partial charge >= 0.3 is 0 Å². The van der Waals surface area contributed by atoms with Gasteiger partial charge in [0.25, 0.3) is 0 Å². The van der Waals surface area contributed by atoms with Crippen molar-refractivity contribution < 1.29 is 4.74 Å². The molecule has 1 atom stereocenters. The molecule has 0 saturated heterocycles. The van der Waals surface area contributed by atoms with E-state index >= 15 is 0 Å². The van der Waals surface area contributed by atoms with Crippen molar-refractivity contribution in [3.63, 3.8) is 0 Å². The van der Waals surface area contributed by atoms with E-state index in [1.54, 1.807) is 11.8 Å². The molecule has 0 aromatic carbocycles. The van der Waals surface area contributed by atoms with E-state index in [2.05, 4.69) is 10.5 Å². The number of ether oxygens (including phenoxy) is 1. The smallest absolute Gasteiger partial charge is 0.0886 e. The summed E-state index contributed by atoms with van der Waals surface area (Å²) in [5.74, 6) is 5.62. The van der Waals surface area contributed by atoms with Crippen LogP contribution in [0.4, 0.5) is 0 Å². The molecule has 0 aliphatic heterocycles. The molecule has 1 aliphatic rings. The first kappa shape index (κ1) is 10.6. The maximum Gasteiger partial charge on any atom is 0.0886 e. The number of hydrogen-bond acceptors (Lipinski definition) is 4. The first-order valence-corrected chi connectivity index (χ1v) is 5.22. The van der Waals surface area contributed by atoms with Crippen molar-refractivity contribution in [1.82, 2.24) is 15.2 Å². The van der Waals surface area contributed by atoms with Crippen LogP contribution in [0.25, 0.3) is 0 Å². The highest BCUT2D eigenvalue weighted by molar-refractivity contribution is 5.18. The molecule has 1 aliphatic carbocycles. The fourth-order valence-electron chi connectivity index (χ4n) is 2.28. The zero-order chi connectivity index (χ0) is 10.9. The van der Waals surface area contributed by atoms with Crippen molar-refractivity contribution in [2.45, 2.75) is 30.9 Å². The number of nitrogens with two attached hydrogens (primary N) is 1. The summed E-state index contributed by atoms with van der Waals surface area (Å²) in [4.78, 5) is 0. The second-order valence-corrected chi connectivity index (χ2v) is 4.17. The normalized spacial score (nSPS) is 21.0. The highest BCUT2D eigenvalue weighted by atomic mass is 16.5. The summed E-state index contributed by atoms with van der Waals surface area (Å²) >= 11 is 0. The highest BCUT2D eigenvalue weighted by Gasteiger charge is 2.45. The van der Waals surface area contributed by atoms with Crippen LogP contribution in [0, 0.1) is 0 Å². The molecule has 0 spiro atoms. The van der Waals surface area contributed by atoms with Crippen molar-refractivity contribution in [1.29, 1.82) is 0 Å². The SMILES string of the molecule is COC1(C(NN)c2cnn(C)c2)CCC1. The van der Waals surface area contributed by atoms with Gasteiger partial charge in [-0.05, 0) is 19.3 Å². The first-order chi connectivity index (χ1) is 7.22. The third kappa shape index (κ3) is 1.67. The molecule has 84 valence electrons. The van der Waals surface area contributed by atoms with E-state index in [0.29, 0.717) is 0 Å². The van der Waals surface area contributed by atoms with Crippen LogP contribution < -0.4 is 11.3 Å². The Bertz CT molecular complexity index is 326. The molecule has 5 heteroatoms. The Morgan fingerprint density at radius 1 is 1.67 bits per heavy atom. The number of rotatable bonds is 4. The minimum atomic E-state index is -0.141. The minimum Gasteiger partial charge on any atom is -0.376 e. The van der Waals surface area contributed by atoms with E-state index < -0.39 is 0 Å². The number of hydrogen-bond donors (Lipinski definition) is 2. The van der Waals surface area contributed by atoms with Crippen LogP contribution in [0.15, 0.2) is 12.4 Å². The average Bonchev–Trinajstić information content (AvgIpc) is 2.58. The van der Waals surface area contributed by atoms with Crippen LogP contribution in [0.3, 0.4) is 0 Å². The van der Waals surface area contributed by atoms with Gasteiger partial charge in [0.2, 0.25) is 0 Å². The fraction of sp³-hybridized carbons (Fsp3) is 0.700. The van der Waals surface area contributed by atoms with Crippen molar-refractivity contribution in [2.24, 2.45) is 12.9 Å². The number of aryl methyl sites for hydroxylation is 1. The molecule has 1 saturated carbocycles. The van der Waals surface area contributed by atoms with Gasteiger partial charge in [-0.15, -0.1) is 0 Å². The predicted molar refractivity (Wildman–Crippen MR) is 56.9 cm³/mol. The standard InChI is InChI=1S/C10H18N4O/c1-14-7-8(6-12-14)9(13-11)10(15-2)4-3-5-10/h6-7,9,13H,3-5,11H2,1-2H3. The van der Waals surface area contributed by atoms with Crippen molar-refractivity contribution >= 4 is 0 Å². The monoisotopic (exact) mass is 210 g/mol. The van der Waals surface area contributed by atoms with E-state index in [0.717, 1.165) is 18.4 Å². The van der Waals surface area contributed by atoms with Gasteiger partial charge in [-0.2, -0.15) is 5.10 Å². The van der Waals surface area contributed by atoms with Crippen LogP contribution >= 0.6 is 0 Å². The van der Waals surface area contributed by atoms with E-state index in [9.17, 15) is 0 Å². The molecule has 1 fully saturated rings. The lowest BCUT2D eigenvalue weighted by atomic mass is 9.73. The lowest BCUT2D eigenvalue weighted by Crippen LogP contribution is -2.52. The van der Waals surface area contributed by atoms with Gasteiger partial charge in [-0.25, -0.2) is 5.43 Å². The second kappa shape index (κ2) is 3.92. The van der Waals surface area contributed by atoms with Gasteiger partial charge in [0.1, 0.15) is 0 Å². The molecule has 1 unspecified atom stereocenters. The summed E-state index contributed by atoms with van der Waals surface area (Å²) in [7, 11) is 3.65. The molecule has 1 aromatic rings. The lowest BCUT2D eigenvalue weighted by Gasteiger charge is -2.45. The van der Waals surface area contributed by atoms with E-state index in [1.165, 1.54) is 6.42 Å². The number of methoxy groups -OCH3 is 1. The van der Waals surface area contributed by atoms with Crippen LogP contribution in [0.1, 0.15) is 30.9 Å².